The first-order valence-electron chi connectivity index (χ1n) is 11.8. The molecule has 2 aromatic carbocycles. The van der Waals surface area contributed by atoms with Crippen molar-refractivity contribution in [3.63, 3.8) is 0 Å². The largest absolute Gasteiger partial charge is 0.495 e. The number of hydrogen-bond donors (Lipinski definition) is 0. The van der Waals surface area contributed by atoms with Crippen molar-refractivity contribution >= 4 is 21.8 Å². The van der Waals surface area contributed by atoms with E-state index in [1.54, 1.807) is 7.11 Å². The second kappa shape index (κ2) is 8.36. The molecule has 170 valence electrons. The fourth-order valence-corrected chi connectivity index (χ4v) is 5.67. The predicted molar refractivity (Wildman–Crippen MR) is 130 cm³/mol. The fraction of sp³-hybridized carbons (Fsp3) is 0.370. The number of ether oxygens (including phenoxy) is 2. The molecule has 0 radical (unpaired) electrons. The molecule has 0 amide bonds. The van der Waals surface area contributed by atoms with Gasteiger partial charge in [-0.1, -0.05) is 36.4 Å². The van der Waals surface area contributed by atoms with Gasteiger partial charge in [-0.3, -0.25) is 9.69 Å². The zero-order chi connectivity index (χ0) is 22.4. The number of fused-ring (bicyclic) bond motifs is 4. The molecule has 1 aliphatic carbocycles. The van der Waals surface area contributed by atoms with E-state index in [1.165, 1.54) is 11.1 Å². The summed E-state index contributed by atoms with van der Waals surface area (Å²) >= 11 is 0. The van der Waals surface area contributed by atoms with Gasteiger partial charge in [0.15, 0.2) is 0 Å². The highest BCUT2D eigenvalue weighted by Crippen LogP contribution is 2.36. The van der Waals surface area contributed by atoms with E-state index < -0.39 is 0 Å². The Balaban J connectivity index is 1.50. The van der Waals surface area contributed by atoms with Gasteiger partial charge in [0, 0.05) is 37.8 Å². The van der Waals surface area contributed by atoms with Gasteiger partial charge in [0.25, 0.3) is 5.56 Å². The second-order valence-corrected chi connectivity index (χ2v) is 9.00. The summed E-state index contributed by atoms with van der Waals surface area (Å²) in [6, 6.07) is 16.7. The first-order chi connectivity index (χ1) is 16.3. The lowest BCUT2D eigenvalue weighted by atomic mass is 10.1. The Morgan fingerprint density at radius 1 is 1.03 bits per heavy atom. The van der Waals surface area contributed by atoms with E-state index in [4.69, 9.17) is 9.47 Å². The first-order valence-corrected chi connectivity index (χ1v) is 11.8. The minimum Gasteiger partial charge on any atom is -0.495 e. The highest BCUT2D eigenvalue weighted by Gasteiger charge is 2.26. The quantitative estimate of drug-likeness (QED) is 0.470. The van der Waals surface area contributed by atoms with Gasteiger partial charge < -0.3 is 18.6 Å². The van der Waals surface area contributed by atoms with E-state index in [1.807, 2.05) is 22.9 Å². The van der Waals surface area contributed by atoms with Crippen molar-refractivity contribution in [1.82, 2.24) is 14.0 Å². The standard InChI is InChI=1S/C27H29N3O3/c1-32-24-8-4-7-21-25-23(29(26(21)24)14-13-28-15-17-33-18-16-28)11-12-30(27(25)31)22-10-9-19-5-2-3-6-20(19)22/h2-8,11-12,22H,9-10,13-18H2,1H3. The van der Waals surface area contributed by atoms with Crippen LogP contribution in [0.25, 0.3) is 21.8 Å². The van der Waals surface area contributed by atoms with Gasteiger partial charge in [0.2, 0.25) is 0 Å². The Morgan fingerprint density at radius 3 is 2.73 bits per heavy atom. The summed E-state index contributed by atoms with van der Waals surface area (Å²) in [4.78, 5) is 16.4. The lowest BCUT2D eigenvalue weighted by Crippen LogP contribution is -2.38. The Kier molecular flexibility index (Phi) is 5.19. The van der Waals surface area contributed by atoms with Crippen LogP contribution in [-0.4, -0.2) is 54.0 Å². The van der Waals surface area contributed by atoms with E-state index in [2.05, 4.69) is 45.9 Å². The summed E-state index contributed by atoms with van der Waals surface area (Å²) < 4.78 is 15.5. The number of nitrogens with zero attached hydrogens (tertiary/aromatic N) is 3. The van der Waals surface area contributed by atoms with Crippen LogP contribution in [0.2, 0.25) is 0 Å². The highest BCUT2D eigenvalue weighted by molar-refractivity contribution is 6.09. The third-order valence-corrected chi connectivity index (χ3v) is 7.33. The van der Waals surface area contributed by atoms with Crippen LogP contribution in [0.3, 0.4) is 0 Å². The maximum atomic E-state index is 13.9. The molecule has 1 atom stereocenters. The molecule has 2 aliphatic rings. The fourth-order valence-electron chi connectivity index (χ4n) is 5.67. The monoisotopic (exact) mass is 443 g/mol. The van der Waals surface area contributed by atoms with Gasteiger partial charge in [-0.2, -0.15) is 0 Å². The van der Waals surface area contributed by atoms with E-state index in [0.717, 1.165) is 79.8 Å². The van der Waals surface area contributed by atoms with E-state index >= 15 is 0 Å². The molecule has 1 aliphatic heterocycles. The van der Waals surface area contributed by atoms with Crippen LogP contribution in [0.4, 0.5) is 0 Å². The smallest absolute Gasteiger partial charge is 0.261 e. The summed E-state index contributed by atoms with van der Waals surface area (Å²) in [6.45, 7) is 5.17. The lowest BCUT2D eigenvalue weighted by Gasteiger charge is -2.27. The van der Waals surface area contributed by atoms with Crippen LogP contribution in [0, 0.1) is 0 Å². The molecule has 1 unspecified atom stereocenters. The van der Waals surface area contributed by atoms with Crippen LogP contribution < -0.4 is 10.3 Å². The molecule has 4 aromatic rings. The zero-order valence-corrected chi connectivity index (χ0v) is 19.0. The van der Waals surface area contributed by atoms with Gasteiger partial charge in [0.05, 0.1) is 42.8 Å². The normalized spacial score (nSPS) is 18.8. The lowest BCUT2D eigenvalue weighted by molar-refractivity contribution is 0.0366. The van der Waals surface area contributed by atoms with Crippen LogP contribution >= 0.6 is 0 Å². The number of pyridine rings is 1. The number of benzene rings is 2. The topological polar surface area (TPSA) is 48.6 Å². The molecule has 6 nitrogen and oxygen atoms in total. The molecule has 6 heteroatoms. The second-order valence-electron chi connectivity index (χ2n) is 9.00. The number of rotatable bonds is 5. The van der Waals surface area contributed by atoms with Crippen molar-refractivity contribution in [3.8, 4) is 5.75 Å². The Morgan fingerprint density at radius 2 is 1.88 bits per heavy atom. The highest BCUT2D eigenvalue weighted by atomic mass is 16.5. The van der Waals surface area contributed by atoms with Crippen LogP contribution in [-0.2, 0) is 17.7 Å². The number of aryl methyl sites for hydroxylation is 1. The number of methoxy groups -OCH3 is 1. The molecule has 0 bridgehead atoms. The van der Waals surface area contributed by atoms with Crippen molar-refractivity contribution in [1.29, 1.82) is 0 Å². The van der Waals surface area contributed by atoms with Crippen molar-refractivity contribution in [3.05, 3.63) is 76.2 Å². The molecular weight excluding hydrogens is 414 g/mol. The Bertz CT molecular complexity index is 1380. The molecular formula is C27H29N3O3. The summed E-state index contributed by atoms with van der Waals surface area (Å²) in [5.74, 6) is 0.808. The third kappa shape index (κ3) is 3.36. The van der Waals surface area contributed by atoms with Crippen LogP contribution in [0.5, 0.6) is 5.75 Å². The number of morpholine rings is 1. The number of para-hydroxylation sites is 1. The molecule has 3 heterocycles. The van der Waals surface area contributed by atoms with Crippen LogP contribution in [0.1, 0.15) is 23.6 Å². The van der Waals surface area contributed by atoms with Crippen molar-refractivity contribution in [2.45, 2.75) is 25.4 Å². The molecule has 0 spiro atoms. The summed E-state index contributed by atoms with van der Waals surface area (Å²) in [5.41, 5.74) is 4.69. The minimum atomic E-state index is 0.0811. The average Bonchev–Trinajstić information content (AvgIpc) is 3.43. The summed E-state index contributed by atoms with van der Waals surface area (Å²) in [7, 11) is 1.70. The van der Waals surface area contributed by atoms with Crippen molar-refractivity contribution in [2.24, 2.45) is 0 Å². The van der Waals surface area contributed by atoms with Gasteiger partial charge in [-0.25, -0.2) is 0 Å². The maximum Gasteiger partial charge on any atom is 0.261 e. The Labute approximate surface area is 192 Å². The molecule has 1 saturated heterocycles. The predicted octanol–water partition coefficient (Wildman–Crippen LogP) is 3.83. The SMILES string of the molecule is COc1cccc2c3c(=O)n(C4CCc5ccccc54)ccc3n(CCN3CCOCC3)c12. The number of hydrogen-bond acceptors (Lipinski definition) is 4. The first kappa shape index (κ1) is 20.5. The molecule has 6 rings (SSSR count). The zero-order valence-electron chi connectivity index (χ0n) is 19.0. The maximum absolute atomic E-state index is 13.9. The van der Waals surface area contributed by atoms with Crippen LogP contribution in [0.15, 0.2) is 59.5 Å². The molecule has 0 saturated carbocycles. The average molecular weight is 444 g/mol. The van der Waals surface area contributed by atoms with E-state index in [9.17, 15) is 4.79 Å². The summed E-state index contributed by atoms with van der Waals surface area (Å²) in [5, 5.41) is 1.76. The molecule has 33 heavy (non-hydrogen) atoms. The van der Waals surface area contributed by atoms with Crippen molar-refractivity contribution in [2.75, 3.05) is 40.0 Å². The molecule has 1 fully saturated rings. The molecule has 0 N–H and O–H groups in total. The van der Waals surface area contributed by atoms with E-state index in [-0.39, 0.29) is 11.6 Å². The Hall–Kier alpha value is -3.09. The summed E-state index contributed by atoms with van der Waals surface area (Å²) in [6.07, 6.45) is 3.97. The van der Waals surface area contributed by atoms with Gasteiger partial charge in [-0.15, -0.1) is 0 Å². The van der Waals surface area contributed by atoms with E-state index in [0.29, 0.717) is 0 Å². The third-order valence-electron chi connectivity index (χ3n) is 7.33. The van der Waals surface area contributed by atoms with Gasteiger partial charge in [-0.05, 0) is 36.1 Å². The number of aromatic nitrogens is 2. The van der Waals surface area contributed by atoms with Gasteiger partial charge >= 0.3 is 0 Å². The van der Waals surface area contributed by atoms with Crippen molar-refractivity contribution < 1.29 is 9.47 Å². The van der Waals surface area contributed by atoms with Gasteiger partial charge in [0.1, 0.15) is 5.75 Å². The minimum absolute atomic E-state index is 0.0811. The molecule has 2 aromatic heterocycles.